The zero-order chi connectivity index (χ0) is 17.1. The Bertz CT molecular complexity index is 886. The normalized spacial score (nSPS) is 10.6. The molecule has 24 heavy (non-hydrogen) atoms. The molecule has 0 aliphatic carbocycles. The highest BCUT2D eigenvalue weighted by molar-refractivity contribution is 6.06. The second kappa shape index (κ2) is 6.62. The summed E-state index contributed by atoms with van der Waals surface area (Å²) in [5.74, 6) is 1.24. The third kappa shape index (κ3) is 3.03. The van der Waals surface area contributed by atoms with Crippen molar-refractivity contribution >= 4 is 16.8 Å². The minimum Gasteiger partial charge on any atom is -0.497 e. The van der Waals surface area contributed by atoms with Crippen molar-refractivity contribution in [2.45, 2.75) is 13.5 Å². The highest BCUT2D eigenvalue weighted by Gasteiger charge is 2.13. The Kier molecular flexibility index (Phi) is 4.37. The Morgan fingerprint density at radius 3 is 2.83 bits per heavy atom. The Labute approximate surface area is 139 Å². The van der Waals surface area contributed by atoms with E-state index >= 15 is 0 Å². The number of nitrogens with one attached hydrogen (secondary N) is 2. The van der Waals surface area contributed by atoms with Crippen LogP contribution in [-0.4, -0.2) is 30.1 Å². The minimum atomic E-state index is -0.148. The van der Waals surface area contributed by atoms with Gasteiger partial charge in [-0.15, -0.1) is 0 Å². The van der Waals surface area contributed by atoms with Gasteiger partial charge in [0.05, 0.1) is 31.5 Å². The number of hydrogen-bond acceptors (Lipinski definition) is 4. The van der Waals surface area contributed by atoms with Crippen LogP contribution in [0, 0.1) is 6.92 Å². The highest BCUT2D eigenvalue weighted by atomic mass is 16.5. The minimum absolute atomic E-state index is 0.148. The zero-order valence-corrected chi connectivity index (χ0v) is 13.8. The molecule has 0 saturated heterocycles. The number of carbonyl (C=O) groups excluding carboxylic acids is 1. The smallest absolute Gasteiger partial charge is 0.253 e. The quantitative estimate of drug-likeness (QED) is 0.756. The molecule has 124 valence electrons. The van der Waals surface area contributed by atoms with Crippen molar-refractivity contribution in [1.29, 1.82) is 0 Å². The molecule has 0 spiro atoms. The first-order valence-corrected chi connectivity index (χ1v) is 7.55. The summed E-state index contributed by atoms with van der Waals surface area (Å²) in [5.41, 5.74) is 3.19. The van der Waals surface area contributed by atoms with E-state index < -0.39 is 0 Å². The van der Waals surface area contributed by atoms with Gasteiger partial charge in [0.2, 0.25) is 0 Å². The first-order valence-electron chi connectivity index (χ1n) is 7.55. The van der Waals surface area contributed by atoms with Crippen molar-refractivity contribution in [1.82, 2.24) is 15.3 Å². The van der Waals surface area contributed by atoms with Gasteiger partial charge < -0.3 is 19.8 Å². The van der Waals surface area contributed by atoms with Gasteiger partial charge in [-0.05, 0) is 25.1 Å². The van der Waals surface area contributed by atoms with Gasteiger partial charge >= 0.3 is 0 Å². The van der Waals surface area contributed by atoms with E-state index in [1.54, 1.807) is 32.7 Å². The summed E-state index contributed by atoms with van der Waals surface area (Å²) in [4.78, 5) is 19.8. The first-order chi connectivity index (χ1) is 11.6. The zero-order valence-electron chi connectivity index (χ0n) is 13.8. The van der Waals surface area contributed by atoms with Crippen molar-refractivity contribution in [3.8, 4) is 11.5 Å². The lowest BCUT2D eigenvalue weighted by Gasteiger charge is -2.11. The number of hydrogen-bond donors (Lipinski definition) is 2. The van der Waals surface area contributed by atoms with Crippen molar-refractivity contribution in [2.75, 3.05) is 14.2 Å². The topological polar surface area (TPSA) is 76.2 Å². The number of benzene rings is 1. The van der Waals surface area contributed by atoms with Crippen molar-refractivity contribution < 1.29 is 14.3 Å². The maximum absolute atomic E-state index is 12.5. The van der Waals surface area contributed by atoms with E-state index in [1.165, 1.54) is 0 Å². The molecule has 3 rings (SSSR count). The Hall–Kier alpha value is -3.02. The predicted octanol–water partition coefficient (Wildman–Crippen LogP) is 2.82. The number of pyridine rings is 1. The van der Waals surface area contributed by atoms with Crippen molar-refractivity contribution in [3.05, 3.63) is 53.5 Å². The third-order valence-electron chi connectivity index (χ3n) is 3.88. The average Bonchev–Trinajstić information content (AvgIpc) is 3.02. The molecule has 0 fully saturated rings. The number of amides is 1. The molecule has 0 aliphatic rings. The van der Waals surface area contributed by atoms with Crippen LogP contribution >= 0.6 is 0 Å². The molecule has 0 unspecified atom stereocenters. The summed E-state index contributed by atoms with van der Waals surface area (Å²) in [6, 6.07) is 7.41. The van der Waals surface area contributed by atoms with Gasteiger partial charge in [0.15, 0.2) is 0 Å². The lowest BCUT2D eigenvalue weighted by Crippen LogP contribution is -2.22. The second-order valence-corrected chi connectivity index (χ2v) is 5.43. The molecule has 1 aromatic carbocycles. The number of H-pyrrole nitrogens is 1. The van der Waals surface area contributed by atoms with Gasteiger partial charge in [-0.25, -0.2) is 0 Å². The molecule has 2 heterocycles. The van der Waals surface area contributed by atoms with E-state index in [0.717, 1.165) is 22.2 Å². The van der Waals surface area contributed by atoms with Crippen molar-refractivity contribution in [2.24, 2.45) is 0 Å². The van der Waals surface area contributed by atoms with Crippen LogP contribution in [0.15, 0.2) is 36.7 Å². The van der Waals surface area contributed by atoms with Crippen LogP contribution in [0.3, 0.4) is 0 Å². The molecule has 6 heteroatoms. The van der Waals surface area contributed by atoms with Crippen LogP contribution in [0.1, 0.15) is 21.6 Å². The van der Waals surface area contributed by atoms with Gasteiger partial charge in [0, 0.05) is 35.5 Å². The van der Waals surface area contributed by atoms with E-state index in [-0.39, 0.29) is 5.91 Å². The number of aryl methyl sites for hydroxylation is 1. The predicted molar refractivity (Wildman–Crippen MR) is 91.5 cm³/mol. The maximum atomic E-state index is 12.5. The summed E-state index contributed by atoms with van der Waals surface area (Å²) in [6.45, 7) is 2.26. The van der Waals surface area contributed by atoms with Gasteiger partial charge in [0.1, 0.15) is 11.5 Å². The van der Waals surface area contributed by atoms with Crippen LogP contribution < -0.4 is 14.8 Å². The number of ether oxygens (including phenoxy) is 2. The molecular weight excluding hydrogens is 306 g/mol. The molecule has 0 radical (unpaired) electrons. The number of rotatable bonds is 5. The SMILES string of the molecule is COc1ccc(CNC(=O)c2c[nH]c3cnc(C)cc23)c(OC)c1. The van der Waals surface area contributed by atoms with Gasteiger partial charge in [-0.3, -0.25) is 9.78 Å². The van der Waals surface area contributed by atoms with E-state index in [1.807, 2.05) is 25.1 Å². The summed E-state index contributed by atoms with van der Waals surface area (Å²) in [5, 5.41) is 3.79. The molecule has 2 N–H and O–H groups in total. The van der Waals surface area contributed by atoms with Crippen LogP contribution in [0.25, 0.3) is 10.9 Å². The number of methoxy groups -OCH3 is 2. The number of nitrogens with zero attached hydrogens (tertiary/aromatic N) is 1. The Morgan fingerprint density at radius 2 is 2.08 bits per heavy atom. The largest absolute Gasteiger partial charge is 0.497 e. The van der Waals surface area contributed by atoms with E-state index in [4.69, 9.17) is 9.47 Å². The number of fused-ring (bicyclic) bond motifs is 1. The third-order valence-corrected chi connectivity index (χ3v) is 3.88. The van der Waals surface area contributed by atoms with Gasteiger partial charge in [-0.1, -0.05) is 0 Å². The van der Waals surface area contributed by atoms with Gasteiger partial charge in [-0.2, -0.15) is 0 Å². The second-order valence-electron chi connectivity index (χ2n) is 5.43. The summed E-state index contributed by atoms with van der Waals surface area (Å²) in [7, 11) is 3.19. The number of carbonyl (C=O) groups is 1. The van der Waals surface area contributed by atoms with Crippen LogP contribution in [-0.2, 0) is 6.54 Å². The molecule has 0 aliphatic heterocycles. The molecule has 1 amide bonds. The fraction of sp³-hybridized carbons (Fsp3) is 0.222. The van der Waals surface area contributed by atoms with Crippen LogP contribution in [0.2, 0.25) is 0 Å². The average molecular weight is 325 g/mol. The lowest BCUT2D eigenvalue weighted by atomic mass is 10.1. The maximum Gasteiger partial charge on any atom is 0.253 e. The van der Waals surface area contributed by atoms with E-state index in [9.17, 15) is 4.79 Å². The molecule has 6 nitrogen and oxygen atoms in total. The lowest BCUT2D eigenvalue weighted by molar-refractivity contribution is 0.0952. The summed E-state index contributed by atoms with van der Waals surface area (Å²) >= 11 is 0. The fourth-order valence-corrected chi connectivity index (χ4v) is 2.58. The number of aromatic nitrogens is 2. The van der Waals surface area contributed by atoms with E-state index in [0.29, 0.717) is 23.6 Å². The fourth-order valence-electron chi connectivity index (χ4n) is 2.58. The Morgan fingerprint density at radius 1 is 1.25 bits per heavy atom. The first kappa shape index (κ1) is 15.9. The summed E-state index contributed by atoms with van der Waals surface area (Å²) in [6.07, 6.45) is 3.43. The Balaban J connectivity index is 1.79. The molecular formula is C18H19N3O3. The van der Waals surface area contributed by atoms with Gasteiger partial charge in [0.25, 0.3) is 5.91 Å². The monoisotopic (exact) mass is 325 g/mol. The molecule has 0 bridgehead atoms. The van der Waals surface area contributed by atoms with Crippen LogP contribution in [0.5, 0.6) is 11.5 Å². The summed E-state index contributed by atoms with van der Waals surface area (Å²) < 4.78 is 10.5. The highest BCUT2D eigenvalue weighted by Crippen LogP contribution is 2.24. The standard InChI is InChI=1S/C18H19N3O3/c1-11-6-14-15(9-20-16(14)10-19-11)18(22)21-8-12-4-5-13(23-2)7-17(12)24-3/h4-7,9-10,20H,8H2,1-3H3,(H,21,22). The molecule has 0 atom stereocenters. The number of aromatic amines is 1. The molecule has 3 aromatic rings. The van der Waals surface area contributed by atoms with Crippen molar-refractivity contribution in [3.63, 3.8) is 0 Å². The molecule has 0 saturated carbocycles. The van der Waals surface area contributed by atoms with E-state index in [2.05, 4.69) is 15.3 Å². The molecule has 2 aromatic heterocycles. The van der Waals surface area contributed by atoms with Crippen LogP contribution in [0.4, 0.5) is 0 Å².